The second-order valence-electron chi connectivity index (χ2n) is 7.94. The molecule has 3 aliphatic rings. The van der Waals surface area contributed by atoms with Gasteiger partial charge in [0, 0.05) is 34.0 Å². The van der Waals surface area contributed by atoms with Gasteiger partial charge in [-0.15, -0.1) is 0 Å². The summed E-state index contributed by atoms with van der Waals surface area (Å²) in [7, 11) is 0. The smallest absolute Gasteiger partial charge is 0.245 e. The molecule has 31 heavy (non-hydrogen) atoms. The summed E-state index contributed by atoms with van der Waals surface area (Å²) >= 11 is 6.30. The first-order chi connectivity index (χ1) is 14.9. The molecule has 2 aromatic carbocycles. The predicted molar refractivity (Wildman–Crippen MR) is 118 cm³/mol. The summed E-state index contributed by atoms with van der Waals surface area (Å²) in [4.78, 5) is 28.8. The van der Waals surface area contributed by atoms with Crippen molar-refractivity contribution >= 4 is 34.7 Å². The van der Waals surface area contributed by atoms with Crippen LogP contribution in [0.4, 0.5) is 11.4 Å². The highest BCUT2D eigenvalue weighted by molar-refractivity contribution is 6.32. The molecule has 2 aromatic rings. The van der Waals surface area contributed by atoms with Crippen LogP contribution in [0.5, 0.6) is 0 Å². The van der Waals surface area contributed by atoms with E-state index in [0.717, 1.165) is 5.69 Å². The zero-order chi connectivity index (χ0) is 21.9. The van der Waals surface area contributed by atoms with Crippen molar-refractivity contribution in [1.29, 1.82) is 5.26 Å². The average Bonchev–Trinajstić information content (AvgIpc) is 3.05. The molecule has 2 aliphatic heterocycles. The number of nitriles is 1. The van der Waals surface area contributed by atoms with Crippen LogP contribution in [0.15, 0.2) is 65.1 Å². The fourth-order valence-corrected chi connectivity index (χ4v) is 5.21. The zero-order valence-corrected chi connectivity index (χ0v) is 17.6. The summed E-state index contributed by atoms with van der Waals surface area (Å²) in [5, 5.41) is 13.6. The number of nitrogens with two attached hydrogens (primary N) is 1. The lowest BCUT2D eigenvalue weighted by Gasteiger charge is -2.43. The molecular weight excluding hydrogens is 412 g/mol. The molecule has 1 aliphatic carbocycles. The van der Waals surface area contributed by atoms with Gasteiger partial charge in [0.05, 0.1) is 11.3 Å². The van der Waals surface area contributed by atoms with Gasteiger partial charge in [-0.2, -0.15) is 5.26 Å². The van der Waals surface area contributed by atoms with E-state index in [-0.39, 0.29) is 17.2 Å². The van der Waals surface area contributed by atoms with Crippen LogP contribution in [0.2, 0.25) is 5.02 Å². The Morgan fingerprint density at radius 3 is 2.61 bits per heavy atom. The number of fused-ring (bicyclic) bond motifs is 3. The van der Waals surface area contributed by atoms with E-state index in [1.165, 1.54) is 0 Å². The lowest BCUT2D eigenvalue weighted by Crippen LogP contribution is -2.50. The number of para-hydroxylation sites is 1. The van der Waals surface area contributed by atoms with Crippen LogP contribution in [0, 0.1) is 18.3 Å². The van der Waals surface area contributed by atoms with E-state index >= 15 is 0 Å². The fourth-order valence-electron chi connectivity index (χ4n) is 5.05. The van der Waals surface area contributed by atoms with Gasteiger partial charge in [0.15, 0.2) is 5.78 Å². The number of rotatable bonds is 1. The van der Waals surface area contributed by atoms with Gasteiger partial charge in [-0.3, -0.25) is 14.5 Å². The monoisotopic (exact) mass is 430 g/mol. The number of anilines is 2. The number of Topliss-reactive ketones (excluding diaryl/α,β-unsaturated/α-hetero) is 1. The van der Waals surface area contributed by atoms with E-state index in [9.17, 15) is 14.9 Å². The lowest BCUT2D eigenvalue weighted by molar-refractivity contribution is -0.122. The molecule has 6 nitrogen and oxygen atoms in total. The number of nitrogens with zero attached hydrogens (tertiary/aromatic N) is 2. The quantitative estimate of drug-likeness (QED) is 0.710. The molecule has 0 aromatic heterocycles. The number of amides is 1. The van der Waals surface area contributed by atoms with Crippen molar-refractivity contribution in [3.05, 3.63) is 81.3 Å². The standard InChI is InChI=1S/C24H19ClN4O2/c1-13-17(25)11-10-15-21(13)28-23(31)24(15)16(12-26)22(27)29(14-6-3-2-4-7-14)18-8-5-9-19(30)20(18)24/h2-4,6-7,10-11H,5,8-9,27H2,1H3,(H,28,31)/t24-/m0/s1. The Labute approximate surface area is 184 Å². The molecule has 1 atom stereocenters. The largest absolute Gasteiger partial charge is 0.384 e. The van der Waals surface area contributed by atoms with E-state index in [0.29, 0.717) is 52.4 Å². The van der Waals surface area contributed by atoms with E-state index in [1.54, 1.807) is 24.0 Å². The van der Waals surface area contributed by atoms with Gasteiger partial charge in [-0.05, 0) is 43.5 Å². The van der Waals surface area contributed by atoms with Crippen LogP contribution in [-0.4, -0.2) is 11.7 Å². The fraction of sp³-hybridized carbons (Fsp3) is 0.208. The maximum absolute atomic E-state index is 13.6. The summed E-state index contributed by atoms with van der Waals surface area (Å²) in [6.07, 6.45) is 1.55. The minimum atomic E-state index is -1.57. The summed E-state index contributed by atoms with van der Waals surface area (Å²) in [5.74, 6) is -0.418. The molecule has 0 bridgehead atoms. The number of benzene rings is 2. The van der Waals surface area contributed by atoms with Crippen molar-refractivity contribution in [3.63, 3.8) is 0 Å². The molecule has 0 saturated carbocycles. The minimum absolute atomic E-state index is 0.0586. The molecule has 2 heterocycles. The summed E-state index contributed by atoms with van der Waals surface area (Å²) in [6.45, 7) is 1.80. The number of hydrogen-bond acceptors (Lipinski definition) is 5. The molecule has 1 spiro atoms. The van der Waals surface area contributed by atoms with Gasteiger partial charge in [-0.1, -0.05) is 35.9 Å². The number of hydrogen-bond donors (Lipinski definition) is 2. The maximum Gasteiger partial charge on any atom is 0.245 e. The second-order valence-corrected chi connectivity index (χ2v) is 8.35. The Kier molecular flexibility index (Phi) is 4.21. The van der Waals surface area contributed by atoms with Crippen LogP contribution < -0.4 is 16.0 Å². The van der Waals surface area contributed by atoms with Gasteiger partial charge >= 0.3 is 0 Å². The Balaban J connectivity index is 1.91. The number of allylic oxidation sites excluding steroid dienone is 1. The molecule has 1 amide bonds. The Hall–Kier alpha value is -3.56. The Morgan fingerprint density at radius 1 is 1.16 bits per heavy atom. The highest BCUT2D eigenvalue weighted by atomic mass is 35.5. The SMILES string of the molecule is Cc1c(Cl)ccc2c1NC(=O)[C@]21C(C#N)=C(N)N(c2ccccc2)C2=C1C(=O)CCC2. The summed E-state index contributed by atoms with van der Waals surface area (Å²) in [6, 6.07) is 15.0. The first-order valence-electron chi connectivity index (χ1n) is 10.1. The lowest BCUT2D eigenvalue weighted by atomic mass is 9.63. The first-order valence-corrected chi connectivity index (χ1v) is 10.4. The van der Waals surface area contributed by atoms with Crippen LogP contribution in [0.25, 0.3) is 0 Å². The van der Waals surface area contributed by atoms with Gasteiger partial charge < -0.3 is 11.1 Å². The van der Waals surface area contributed by atoms with Crippen molar-refractivity contribution < 1.29 is 9.59 Å². The van der Waals surface area contributed by atoms with Crippen molar-refractivity contribution in [2.24, 2.45) is 5.73 Å². The number of carbonyl (C=O) groups excluding carboxylic acids is 2. The minimum Gasteiger partial charge on any atom is -0.384 e. The molecule has 5 rings (SSSR count). The number of nitrogens with one attached hydrogen (secondary N) is 1. The third-order valence-electron chi connectivity index (χ3n) is 6.41. The normalized spacial score (nSPS) is 22.4. The molecule has 0 saturated heterocycles. The van der Waals surface area contributed by atoms with E-state index in [4.69, 9.17) is 17.3 Å². The third-order valence-corrected chi connectivity index (χ3v) is 6.82. The molecular formula is C24H19ClN4O2. The first kappa shape index (κ1) is 19.4. The highest BCUT2D eigenvalue weighted by Crippen LogP contribution is 2.56. The van der Waals surface area contributed by atoms with E-state index in [1.807, 2.05) is 30.3 Å². The van der Waals surface area contributed by atoms with Gasteiger partial charge in [0.2, 0.25) is 5.91 Å². The van der Waals surface area contributed by atoms with Crippen LogP contribution in [0.3, 0.4) is 0 Å². The summed E-state index contributed by atoms with van der Waals surface area (Å²) < 4.78 is 0. The van der Waals surface area contributed by atoms with Crippen LogP contribution in [0.1, 0.15) is 30.4 Å². The van der Waals surface area contributed by atoms with Crippen LogP contribution >= 0.6 is 11.6 Å². The Bertz CT molecular complexity index is 1270. The van der Waals surface area contributed by atoms with E-state index < -0.39 is 11.3 Å². The predicted octanol–water partition coefficient (Wildman–Crippen LogP) is 4.06. The van der Waals surface area contributed by atoms with E-state index in [2.05, 4.69) is 11.4 Å². The zero-order valence-electron chi connectivity index (χ0n) is 16.8. The van der Waals surface area contributed by atoms with Crippen molar-refractivity contribution in [1.82, 2.24) is 0 Å². The number of ketones is 1. The van der Waals surface area contributed by atoms with Gasteiger partial charge in [-0.25, -0.2) is 0 Å². The maximum atomic E-state index is 13.6. The van der Waals surface area contributed by atoms with Crippen molar-refractivity contribution in [3.8, 4) is 6.07 Å². The Morgan fingerprint density at radius 2 is 1.90 bits per heavy atom. The molecule has 0 fully saturated rings. The van der Waals surface area contributed by atoms with Gasteiger partial charge in [0.1, 0.15) is 17.3 Å². The average molecular weight is 431 g/mol. The van der Waals surface area contributed by atoms with Crippen LogP contribution in [-0.2, 0) is 15.0 Å². The molecule has 154 valence electrons. The molecule has 7 heteroatoms. The number of halogens is 1. The van der Waals surface area contributed by atoms with Gasteiger partial charge in [0.25, 0.3) is 0 Å². The topological polar surface area (TPSA) is 99.2 Å². The highest BCUT2D eigenvalue weighted by Gasteiger charge is 2.60. The van der Waals surface area contributed by atoms with Crippen molar-refractivity contribution in [2.45, 2.75) is 31.6 Å². The molecule has 0 unspecified atom stereocenters. The molecule has 0 radical (unpaired) electrons. The second kappa shape index (κ2) is 6.73. The third kappa shape index (κ3) is 2.38. The summed E-state index contributed by atoms with van der Waals surface area (Å²) in [5.41, 5.74) is 8.62. The van der Waals surface area contributed by atoms with Crippen molar-refractivity contribution in [2.75, 3.05) is 10.2 Å². The molecule has 3 N–H and O–H groups in total. The number of carbonyl (C=O) groups is 2.